The van der Waals surface area contributed by atoms with Crippen LogP contribution in [-0.4, -0.2) is 62.9 Å². The van der Waals surface area contributed by atoms with E-state index in [-0.39, 0.29) is 35.1 Å². The van der Waals surface area contributed by atoms with E-state index < -0.39 is 28.0 Å². The molecule has 1 heterocycles. The van der Waals surface area contributed by atoms with Crippen molar-refractivity contribution in [3.63, 3.8) is 0 Å². The fourth-order valence-corrected chi connectivity index (χ4v) is 4.54. The molecule has 176 valence electrons. The van der Waals surface area contributed by atoms with Crippen LogP contribution in [0.25, 0.3) is 0 Å². The predicted octanol–water partition coefficient (Wildman–Crippen LogP) is 1.85. The summed E-state index contributed by atoms with van der Waals surface area (Å²) in [6.07, 6.45) is -1.13. The number of carbonyl (C=O) groups excluding carboxylic acids is 3. The molecule has 1 saturated heterocycles. The normalized spacial score (nSPS) is 15.3. The highest BCUT2D eigenvalue weighted by Crippen LogP contribution is 2.21. The van der Waals surface area contributed by atoms with Gasteiger partial charge in [0.25, 0.3) is 5.91 Å². The molecule has 11 heteroatoms. The third kappa shape index (κ3) is 6.37. The van der Waals surface area contributed by atoms with E-state index >= 15 is 0 Å². The average Bonchev–Trinajstić information content (AvgIpc) is 2.79. The molecular formula is C22H25N3O7S. The minimum atomic E-state index is -3.72. The standard InChI is InChI=1S/C22H25N3O7S/c1-15(32-22(28)17-6-8-18(9-7-17)23-16(2)26)21(27)24-19-4-3-5-20(14-19)33(29,30)25-10-12-31-13-11-25/h3-9,14-15H,10-13H2,1-2H3,(H,23,26)(H,24,27). The van der Waals surface area contributed by atoms with Crippen molar-refractivity contribution in [3.05, 3.63) is 54.1 Å². The third-order valence-corrected chi connectivity index (χ3v) is 6.70. The van der Waals surface area contributed by atoms with E-state index in [1.165, 1.54) is 48.5 Å². The van der Waals surface area contributed by atoms with Crippen molar-refractivity contribution in [1.82, 2.24) is 4.31 Å². The number of rotatable bonds is 7. The quantitative estimate of drug-likeness (QED) is 0.584. The van der Waals surface area contributed by atoms with Crippen LogP contribution in [0.15, 0.2) is 53.4 Å². The van der Waals surface area contributed by atoms with Crippen molar-refractivity contribution in [2.75, 3.05) is 36.9 Å². The number of esters is 1. The van der Waals surface area contributed by atoms with Crippen LogP contribution < -0.4 is 10.6 Å². The molecule has 2 amide bonds. The summed E-state index contributed by atoms with van der Waals surface area (Å²) in [6, 6.07) is 11.9. The van der Waals surface area contributed by atoms with Crippen LogP contribution in [0.5, 0.6) is 0 Å². The number of anilines is 2. The maximum Gasteiger partial charge on any atom is 0.338 e. The second-order valence-electron chi connectivity index (χ2n) is 7.34. The summed E-state index contributed by atoms with van der Waals surface area (Å²) in [5.74, 6) is -1.56. The van der Waals surface area contributed by atoms with E-state index in [0.717, 1.165) is 0 Å². The SMILES string of the molecule is CC(=O)Nc1ccc(C(=O)OC(C)C(=O)Nc2cccc(S(=O)(=O)N3CCOCC3)c2)cc1. The molecule has 33 heavy (non-hydrogen) atoms. The first-order chi connectivity index (χ1) is 15.7. The van der Waals surface area contributed by atoms with E-state index in [1.54, 1.807) is 18.2 Å². The Labute approximate surface area is 191 Å². The van der Waals surface area contributed by atoms with Crippen LogP contribution in [0.3, 0.4) is 0 Å². The molecular weight excluding hydrogens is 450 g/mol. The molecule has 1 atom stereocenters. The van der Waals surface area contributed by atoms with Crippen LogP contribution in [0.1, 0.15) is 24.2 Å². The third-order valence-electron chi connectivity index (χ3n) is 4.80. The summed E-state index contributed by atoms with van der Waals surface area (Å²) >= 11 is 0. The Morgan fingerprint density at radius 2 is 1.67 bits per heavy atom. The molecule has 1 aliphatic heterocycles. The number of nitrogens with one attached hydrogen (secondary N) is 2. The first-order valence-corrected chi connectivity index (χ1v) is 11.7. The smallest absolute Gasteiger partial charge is 0.338 e. The molecule has 10 nitrogen and oxygen atoms in total. The molecule has 2 N–H and O–H groups in total. The van der Waals surface area contributed by atoms with Crippen LogP contribution in [0.4, 0.5) is 11.4 Å². The van der Waals surface area contributed by atoms with Crippen molar-refractivity contribution >= 4 is 39.2 Å². The van der Waals surface area contributed by atoms with Gasteiger partial charge in [-0.2, -0.15) is 4.31 Å². The first-order valence-electron chi connectivity index (χ1n) is 10.2. The van der Waals surface area contributed by atoms with Crippen molar-refractivity contribution in [2.45, 2.75) is 24.8 Å². The Kier molecular flexibility index (Phi) is 7.79. The topological polar surface area (TPSA) is 131 Å². The van der Waals surface area contributed by atoms with Gasteiger partial charge in [-0.25, -0.2) is 13.2 Å². The van der Waals surface area contributed by atoms with E-state index in [0.29, 0.717) is 18.9 Å². The van der Waals surface area contributed by atoms with Gasteiger partial charge in [0.15, 0.2) is 6.10 Å². The van der Waals surface area contributed by atoms with Gasteiger partial charge in [0.05, 0.1) is 23.7 Å². The number of amides is 2. The molecule has 0 saturated carbocycles. The Morgan fingerprint density at radius 3 is 2.30 bits per heavy atom. The highest BCUT2D eigenvalue weighted by atomic mass is 32.2. The van der Waals surface area contributed by atoms with Crippen LogP contribution in [0, 0.1) is 0 Å². The summed E-state index contributed by atoms with van der Waals surface area (Å²) in [5.41, 5.74) is 0.996. The van der Waals surface area contributed by atoms with Gasteiger partial charge in [0, 0.05) is 31.4 Å². The van der Waals surface area contributed by atoms with Gasteiger partial charge in [-0.15, -0.1) is 0 Å². The molecule has 1 unspecified atom stereocenters. The van der Waals surface area contributed by atoms with Crippen LogP contribution >= 0.6 is 0 Å². The minimum absolute atomic E-state index is 0.0473. The van der Waals surface area contributed by atoms with Crippen LogP contribution in [-0.2, 0) is 29.1 Å². The summed E-state index contributed by atoms with van der Waals surface area (Å²) in [7, 11) is -3.72. The van der Waals surface area contributed by atoms with Gasteiger partial charge in [0.2, 0.25) is 15.9 Å². The lowest BCUT2D eigenvalue weighted by atomic mass is 10.2. The molecule has 0 radical (unpaired) electrons. The molecule has 0 aliphatic carbocycles. The maximum absolute atomic E-state index is 12.8. The summed E-state index contributed by atoms with van der Waals surface area (Å²) < 4.78 is 37.4. The van der Waals surface area contributed by atoms with Crippen molar-refractivity contribution in [1.29, 1.82) is 0 Å². The van der Waals surface area contributed by atoms with Gasteiger partial charge in [-0.3, -0.25) is 9.59 Å². The Balaban J connectivity index is 1.62. The Bertz CT molecular complexity index is 1130. The van der Waals surface area contributed by atoms with E-state index in [9.17, 15) is 22.8 Å². The molecule has 0 aromatic heterocycles. The number of ether oxygens (including phenoxy) is 2. The Morgan fingerprint density at radius 1 is 1.00 bits per heavy atom. The monoisotopic (exact) mass is 475 g/mol. The van der Waals surface area contributed by atoms with Crippen molar-refractivity contribution < 1.29 is 32.3 Å². The number of nitrogens with zero attached hydrogens (tertiary/aromatic N) is 1. The van der Waals surface area contributed by atoms with Gasteiger partial charge in [-0.05, 0) is 49.4 Å². The largest absolute Gasteiger partial charge is 0.449 e. The van der Waals surface area contributed by atoms with E-state index in [4.69, 9.17) is 9.47 Å². The molecule has 1 fully saturated rings. The zero-order valence-corrected chi connectivity index (χ0v) is 19.1. The second-order valence-corrected chi connectivity index (χ2v) is 9.28. The highest BCUT2D eigenvalue weighted by molar-refractivity contribution is 7.89. The molecule has 0 bridgehead atoms. The summed E-state index contributed by atoms with van der Waals surface area (Å²) in [6.45, 7) is 3.96. The lowest BCUT2D eigenvalue weighted by Gasteiger charge is -2.26. The summed E-state index contributed by atoms with van der Waals surface area (Å²) in [4.78, 5) is 35.9. The van der Waals surface area contributed by atoms with Gasteiger partial charge >= 0.3 is 5.97 Å². The first kappa shape index (κ1) is 24.4. The number of hydrogen-bond acceptors (Lipinski definition) is 7. The van der Waals surface area contributed by atoms with E-state index in [1.807, 2.05) is 0 Å². The molecule has 2 aromatic rings. The number of morpholine rings is 1. The van der Waals surface area contributed by atoms with Crippen LogP contribution in [0.2, 0.25) is 0 Å². The fourth-order valence-electron chi connectivity index (χ4n) is 3.09. The summed E-state index contributed by atoms with van der Waals surface area (Å²) in [5, 5.41) is 5.16. The molecule has 1 aliphatic rings. The van der Waals surface area contributed by atoms with E-state index in [2.05, 4.69) is 10.6 Å². The average molecular weight is 476 g/mol. The van der Waals surface area contributed by atoms with Gasteiger partial charge in [-0.1, -0.05) is 6.07 Å². The maximum atomic E-state index is 12.8. The minimum Gasteiger partial charge on any atom is -0.449 e. The number of benzene rings is 2. The predicted molar refractivity (Wildman–Crippen MR) is 120 cm³/mol. The molecule has 2 aromatic carbocycles. The zero-order valence-electron chi connectivity index (χ0n) is 18.2. The highest BCUT2D eigenvalue weighted by Gasteiger charge is 2.27. The van der Waals surface area contributed by atoms with Gasteiger partial charge in [0.1, 0.15) is 0 Å². The van der Waals surface area contributed by atoms with Crippen molar-refractivity contribution in [2.24, 2.45) is 0 Å². The number of hydrogen-bond donors (Lipinski definition) is 2. The fraction of sp³-hybridized carbons (Fsp3) is 0.318. The number of sulfonamides is 1. The zero-order chi connectivity index (χ0) is 24.0. The lowest BCUT2D eigenvalue weighted by Crippen LogP contribution is -2.40. The number of carbonyl (C=O) groups is 3. The Hall–Kier alpha value is -3.28. The van der Waals surface area contributed by atoms with Crippen molar-refractivity contribution in [3.8, 4) is 0 Å². The molecule has 0 spiro atoms. The van der Waals surface area contributed by atoms with Gasteiger partial charge < -0.3 is 20.1 Å². The molecule has 3 rings (SSSR count). The second kappa shape index (κ2) is 10.6. The lowest BCUT2D eigenvalue weighted by molar-refractivity contribution is -0.123.